The molecule has 3 aromatic carbocycles. The molecule has 4 aromatic rings. The highest BCUT2D eigenvalue weighted by Gasteiger charge is 2.36. The lowest BCUT2D eigenvalue weighted by molar-refractivity contribution is -0.137. The summed E-state index contributed by atoms with van der Waals surface area (Å²) in [4.78, 5) is 13.3. The minimum absolute atomic E-state index is 0.0226. The van der Waals surface area contributed by atoms with Gasteiger partial charge in [0.25, 0.3) is 5.56 Å². The molecule has 0 fully saturated rings. The van der Waals surface area contributed by atoms with Crippen molar-refractivity contribution in [1.82, 2.24) is 4.57 Å². The van der Waals surface area contributed by atoms with Gasteiger partial charge in [-0.15, -0.1) is 0 Å². The first-order valence-electron chi connectivity index (χ1n) is 12.5. The third kappa shape index (κ3) is 6.15. The molecule has 0 atom stereocenters. The maximum absolute atomic E-state index is 13.9. The van der Waals surface area contributed by atoms with Crippen molar-refractivity contribution in [3.63, 3.8) is 0 Å². The summed E-state index contributed by atoms with van der Waals surface area (Å²) in [5, 5.41) is 10.8. The SMILES string of the molecule is Cc1ccc(Cn2c(-c3ccc(Oc4ccc([Si](C)(C)C)cc4)cc3)cc(C(F)(F)F)c(C#N)c2=O)c(C)c1. The molecule has 0 aliphatic rings. The summed E-state index contributed by atoms with van der Waals surface area (Å²) >= 11 is 0. The lowest BCUT2D eigenvalue weighted by Crippen LogP contribution is -2.37. The minimum atomic E-state index is -4.86. The van der Waals surface area contributed by atoms with Gasteiger partial charge in [-0.1, -0.05) is 60.7 Å². The third-order valence-electron chi connectivity index (χ3n) is 6.65. The smallest absolute Gasteiger partial charge is 0.417 e. The van der Waals surface area contributed by atoms with E-state index in [4.69, 9.17) is 4.74 Å². The number of aromatic nitrogens is 1. The zero-order valence-electron chi connectivity index (χ0n) is 22.5. The van der Waals surface area contributed by atoms with E-state index in [9.17, 15) is 23.2 Å². The zero-order chi connectivity index (χ0) is 28.5. The number of benzene rings is 3. The van der Waals surface area contributed by atoms with Crippen molar-refractivity contribution in [3.05, 3.63) is 111 Å². The summed E-state index contributed by atoms with van der Waals surface area (Å²) in [7, 11) is -1.45. The molecule has 8 heteroatoms. The quantitative estimate of drug-likeness (QED) is 0.237. The van der Waals surface area contributed by atoms with Crippen molar-refractivity contribution in [2.75, 3.05) is 0 Å². The van der Waals surface area contributed by atoms with Gasteiger partial charge in [0.05, 0.1) is 25.9 Å². The van der Waals surface area contributed by atoms with E-state index in [1.807, 2.05) is 44.2 Å². The Morgan fingerprint density at radius 1 is 0.897 bits per heavy atom. The number of nitriles is 1. The Labute approximate surface area is 226 Å². The van der Waals surface area contributed by atoms with Gasteiger partial charge in [-0.05, 0) is 73.0 Å². The lowest BCUT2D eigenvalue weighted by atomic mass is 10.0. The van der Waals surface area contributed by atoms with Crippen LogP contribution in [-0.2, 0) is 12.7 Å². The van der Waals surface area contributed by atoms with Gasteiger partial charge in [0.15, 0.2) is 0 Å². The lowest BCUT2D eigenvalue weighted by Gasteiger charge is -2.19. The molecule has 0 saturated heterocycles. The van der Waals surface area contributed by atoms with Gasteiger partial charge in [-0.25, -0.2) is 0 Å². The van der Waals surface area contributed by atoms with Crippen LogP contribution in [0, 0.1) is 25.2 Å². The van der Waals surface area contributed by atoms with Gasteiger partial charge in [0.2, 0.25) is 0 Å². The highest BCUT2D eigenvalue weighted by atomic mass is 28.3. The monoisotopic (exact) mass is 546 g/mol. The van der Waals surface area contributed by atoms with Crippen LogP contribution in [0.1, 0.15) is 27.8 Å². The van der Waals surface area contributed by atoms with Crippen LogP contribution in [0.25, 0.3) is 11.3 Å². The van der Waals surface area contributed by atoms with Crippen LogP contribution < -0.4 is 15.5 Å². The van der Waals surface area contributed by atoms with Gasteiger partial charge in [-0.3, -0.25) is 4.79 Å². The molecule has 0 radical (unpaired) electrons. The molecule has 0 amide bonds. The number of halogens is 3. The maximum Gasteiger partial charge on any atom is 0.417 e. The first-order valence-corrected chi connectivity index (χ1v) is 16.0. The number of rotatable bonds is 6. The molecule has 0 bridgehead atoms. The van der Waals surface area contributed by atoms with Crippen molar-refractivity contribution < 1.29 is 17.9 Å². The Bertz CT molecular complexity index is 1610. The fourth-order valence-electron chi connectivity index (χ4n) is 4.42. The second kappa shape index (κ2) is 10.6. The van der Waals surface area contributed by atoms with Crippen LogP contribution in [0.3, 0.4) is 0 Å². The first-order chi connectivity index (χ1) is 18.3. The van der Waals surface area contributed by atoms with E-state index in [0.717, 1.165) is 22.8 Å². The van der Waals surface area contributed by atoms with E-state index >= 15 is 0 Å². The van der Waals surface area contributed by atoms with Crippen LogP contribution >= 0.6 is 0 Å². The standard InChI is InChI=1S/C31H29F3N2O2Si/c1-20-6-7-23(21(2)16-20)19-36-29(17-28(31(32,33)34)27(18-35)30(36)37)22-8-10-24(11-9-22)38-25-12-14-26(15-13-25)39(3,4)5/h6-17H,19H2,1-5H3. The van der Waals surface area contributed by atoms with Gasteiger partial charge in [-0.2, -0.15) is 18.4 Å². The second-order valence-electron chi connectivity index (χ2n) is 10.6. The number of pyridine rings is 1. The molecule has 0 saturated carbocycles. The van der Waals surface area contributed by atoms with E-state index in [2.05, 4.69) is 31.8 Å². The van der Waals surface area contributed by atoms with E-state index in [1.165, 1.54) is 15.8 Å². The Balaban J connectivity index is 1.76. The molecule has 1 aromatic heterocycles. The highest BCUT2D eigenvalue weighted by molar-refractivity contribution is 6.88. The first kappa shape index (κ1) is 27.9. The van der Waals surface area contributed by atoms with E-state index in [-0.39, 0.29) is 12.2 Å². The second-order valence-corrected chi connectivity index (χ2v) is 15.7. The summed E-state index contributed by atoms with van der Waals surface area (Å²) in [5.41, 5.74) is 0.0160. The molecule has 0 aliphatic carbocycles. The number of alkyl halides is 3. The average Bonchev–Trinajstić information content (AvgIpc) is 2.86. The summed E-state index contributed by atoms with van der Waals surface area (Å²) in [6.45, 7) is 10.6. The number of hydrogen-bond acceptors (Lipinski definition) is 3. The Morgan fingerprint density at radius 3 is 2.00 bits per heavy atom. The molecule has 200 valence electrons. The van der Waals surface area contributed by atoms with Crippen molar-refractivity contribution in [1.29, 1.82) is 5.26 Å². The van der Waals surface area contributed by atoms with Gasteiger partial charge in [0, 0.05) is 0 Å². The predicted octanol–water partition coefficient (Wildman–Crippen LogP) is 7.41. The van der Waals surface area contributed by atoms with Crippen molar-refractivity contribution in [3.8, 4) is 28.8 Å². The third-order valence-corrected chi connectivity index (χ3v) is 8.72. The number of ether oxygens (including phenoxy) is 1. The number of nitrogens with zero attached hydrogens (tertiary/aromatic N) is 2. The van der Waals surface area contributed by atoms with Crippen LogP contribution in [0.15, 0.2) is 77.6 Å². The normalized spacial score (nSPS) is 11.8. The Kier molecular flexibility index (Phi) is 7.58. The topological polar surface area (TPSA) is 55.0 Å². The fraction of sp³-hybridized carbons (Fsp3) is 0.226. The molecule has 4 rings (SSSR count). The van der Waals surface area contributed by atoms with Crippen LogP contribution in [0.4, 0.5) is 13.2 Å². The van der Waals surface area contributed by atoms with E-state index in [1.54, 1.807) is 24.3 Å². The molecule has 0 spiro atoms. The Hall–Kier alpha value is -4.09. The molecule has 0 aliphatic heterocycles. The minimum Gasteiger partial charge on any atom is -0.457 e. The molecular weight excluding hydrogens is 517 g/mol. The maximum atomic E-state index is 13.9. The van der Waals surface area contributed by atoms with Gasteiger partial charge >= 0.3 is 6.18 Å². The summed E-state index contributed by atoms with van der Waals surface area (Å²) < 4.78 is 48.8. The number of aryl methyl sites for hydroxylation is 2. The molecule has 39 heavy (non-hydrogen) atoms. The van der Waals surface area contributed by atoms with Crippen LogP contribution in [-0.4, -0.2) is 12.6 Å². The molecule has 4 nitrogen and oxygen atoms in total. The summed E-state index contributed by atoms with van der Waals surface area (Å²) in [6, 6.07) is 22.5. The molecule has 1 heterocycles. The Morgan fingerprint density at radius 2 is 1.49 bits per heavy atom. The average molecular weight is 547 g/mol. The van der Waals surface area contributed by atoms with Gasteiger partial charge < -0.3 is 9.30 Å². The summed E-state index contributed by atoms with van der Waals surface area (Å²) in [5.74, 6) is 1.15. The van der Waals surface area contributed by atoms with Crippen molar-refractivity contribution >= 4 is 13.3 Å². The molecular formula is C31H29F3N2O2Si. The summed E-state index contributed by atoms with van der Waals surface area (Å²) in [6.07, 6.45) is -4.86. The van der Waals surface area contributed by atoms with E-state index in [0.29, 0.717) is 17.1 Å². The van der Waals surface area contributed by atoms with Crippen molar-refractivity contribution in [2.45, 2.75) is 46.2 Å². The highest BCUT2D eigenvalue weighted by Crippen LogP contribution is 2.34. The fourth-order valence-corrected chi connectivity index (χ4v) is 5.59. The number of hydrogen-bond donors (Lipinski definition) is 0. The predicted molar refractivity (Wildman–Crippen MR) is 150 cm³/mol. The molecule has 0 unspecified atom stereocenters. The molecule has 0 N–H and O–H groups in total. The van der Waals surface area contributed by atoms with E-state index < -0.39 is 30.9 Å². The van der Waals surface area contributed by atoms with Crippen molar-refractivity contribution in [2.24, 2.45) is 0 Å². The van der Waals surface area contributed by atoms with Gasteiger partial charge in [0.1, 0.15) is 23.1 Å². The van der Waals surface area contributed by atoms with Crippen LogP contribution in [0.2, 0.25) is 19.6 Å². The van der Waals surface area contributed by atoms with Crippen LogP contribution in [0.5, 0.6) is 11.5 Å². The largest absolute Gasteiger partial charge is 0.457 e. The zero-order valence-corrected chi connectivity index (χ0v) is 23.5.